The maximum atomic E-state index is 5.58. The molecule has 0 spiro atoms. The van der Waals surface area contributed by atoms with Crippen LogP contribution < -0.4 is 24.8 Å². The number of benzene rings is 2. The Morgan fingerprint density at radius 1 is 1.08 bits per heavy atom. The van der Waals surface area contributed by atoms with E-state index in [1.165, 1.54) is 5.56 Å². The van der Waals surface area contributed by atoms with Crippen molar-refractivity contribution in [3.63, 3.8) is 0 Å². The van der Waals surface area contributed by atoms with Gasteiger partial charge in [0.15, 0.2) is 16.6 Å². The summed E-state index contributed by atoms with van der Waals surface area (Å²) in [6, 6.07) is 14.0. The van der Waals surface area contributed by atoms with Crippen LogP contribution in [0.1, 0.15) is 18.9 Å². The number of hydrogen-bond acceptors (Lipinski definition) is 4. The zero-order valence-corrected chi connectivity index (χ0v) is 15.7. The summed E-state index contributed by atoms with van der Waals surface area (Å²) in [7, 11) is 0. The maximum absolute atomic E-state index is 5.58. The van der Waals surface area contributed by atoms with Crippen LogP contribution in [0.3, 0.4) is 0 Å². The Morgan fingerprint density at radius 3 is 2.62 bits per heavy atom. The van der Waals surface area contributed by atoms with Crippen LogP contribution in [0.5, 0.6) is 17.2 Å². The molecule has 0 amide bonds. The fourth-order valence-electron chi connectivity index (χ4n) is 2.71. The number of ether oxygens (including phenoxy) is 3. The monoisotopic (exact) mass is 372 g/mol. The van der Waals surface area contributed by atoms with Gasteiger partial charge in [0, 0.05) is 18.3 Å². The van der Waals surface area contributed by atoms with E-state index in [4.69, 9.17) is 26.4 Å². The Bertz CT molecular complexity index is 734. The molecule has 2 N–H and O–H groups in total. The normalized spacial score (nSPS) is 12.3. The van der Waals surface area contributed by atoms with E-state index in [9.17, 15) is 0 Å². The van der Waals surface area contributed by atoms with Gasteiger partial charge in [0.1, 0.15) is 19.0 Å². The van der Waals surface area contributed by atoms with Crippen LogP contribution in [0.4, 0.5) is 5.69 Å². The van der Waals surface area contributed by atoms with E-state index >= 15 is 0 Å². The largest absolute Gasteiger partial charge is 0.494 e. The van der Waals surface area contributed by atoms with Crippen LogP contribution in [0, 0.1) is 0 Å². The van der Waals surface area contributed by atoms with Crippen molar-refractivity contribution in [2.75, 3.05) is 31.7 Å². The predicted octanol–water partition coefficient (Wildman–Crippen LogP) is 3.78. The van der Waals surface area contributed by atoms with Gasteiger partial charge < -0.3 is 24.8 Å². The van der Waals surface area contributed by atoms with Gasteiger partial charge in [0.05, 0.1) is 6.61 Å². The van der Waals surface area contributed by atoms with Gasteiger partial charge in [-0.2, -0.15) is 0 Å². The van der Waals surface area contributed by atoms with Crippen molar-refractivity contribution in [3.8, 4) is 17.2 Å². The summed E-state index contributed by atoms with van der Waals surface area (Å²) < 4.78 is 16.6. The summed E-state index contributed by atoms with van der Waals surface area (Å²) in [6.45, 7) is 4.65. The van der Waals surface area contributed by atoms with Crippen molar-refractivity contribution in [1.82, 2.24) is 5.32 Å². The fraction of sp³-hybridized carbons (Fsp3) is 0.350. The molecule has 6 heteroatoms. The van der Waals surface area contributed by atoms with Crippen LogP contribution in [-0.2, 0) is 6.42 Å². The minimum Gasteiger partial charge on any atom is -0.494 e. The van der Waals surface area contributed by atoms with E-state index in [2.05, 4.69) is 22.8 Å². The van der Waals surface area contributed by atoms with Gasteiger partial charge in [-0.3, -0.25) is 0 Å². The molecule has 0 bridgehead atoms. The van der Waals surface area contributed by atoms with Crippen molar-refractivity contribution in [2.45, 2.75) is 19.8 Å². The molecule has 0 aromatic heterocycles. The molecular weight excluding hydrogens is 348 g/mol. The molecule has 1 aliphatic rings. The lowest BCUT2D eigenvalue weighted by Crippen LogP contribution is -2.29. The van der Waals surface area contributed by atoms with E-state index in [1.54, 1.807) is 0 Å². The number of anilines is 1. The molecule has 5 nitrogen and oxygen atoms in total. The quantitative estimate of drug-likeness (QED) is 0.570. The summed E-state index contributed by atoms with van der Waals surface area (Å²) in [5, 5.41) is 7.02. The third-order valence-electron chi connectivity index (χ3n) is 3.96. The highest BCUT2D eigenvalue weighted by atomic mass is 32.1. The standard InChI is InChI=1S/C20H24N2O3S/c1-2-23-17-8-5-15(6-9-17)4-3-11-21-20(26)22-16-7-10-18-19(14-16)25-13-12-24-18/h5-10,14H,2-4,11-13H2,1H3,(H2,21,22,26). The number of nitrogens with one attached hydrogen (secondary N) is 2. The van der Waals surface area contributed by atoms with Gasteiger partial charge in [-0.25, -0.2) is 0 Å². The van der Waals surface area contributed by atoms with Crippen molar-refractivity contribution in [1.29, 1.82) is 0 Å². The van der Waals surface area contributed by atoms with Gasteiger partial charge in [0.2, 0.25) is 0 Å². The molecule has 0 aliphatic carbocycles. The SMILES string of the molecule is CCOc1ccc(CCCNC(=S)Nc2ccc3c(c2)OCCO3)cc1. The first-order valence-corrected chi connectivity index (χ1v) is 9.31. The van der Waals surface area contributed by atoms with Crippen LogP contribution in [0.25, 0.3) is 0 Å². The smallest absolute Gasteiger partial charge is 0.170 e. The third-order valence-corrected chi connectivity index (χ3v) is 4.21. The first kappa shape index (κ1) is 18.3. The highest BCUT2D eigenvalue weighted by Crippen LogP contribution is 2.32. The third kappa shape index (κ3) is 5.26. The Morgan fingerprint density at radius 2 is 1.85 bits per heavy atom. The van der Waals surface area contributed by atoms with E-state index in [0.29, 0.717) is 24.9 Å². The zero-order chi connectivity index (χ0) is 18.2. The lowest BCUT2D eigenvalue weighted by molar-refractivity contribution is 0.171. The zero-order valence-electron chi connectivity index (χ0n) is 14.9. The average molecular weight is 372 g/mol. The van der Waals surface area contributed by atoms with E-state index in [-0.39, 0.29) is 0 Å². The van der Waals surface area contributed by atoms with Crippen LogP contribution in [0.2, 0.25) is 0 Å². The Balaban J connectivity index is 1.39. The van der Waals surface area contributed by atoms with Crippen molar-refractivity contribution in [2.24, 2.45) is 0 Å². The predicted molar refractivity (Wildman–Crippen MR) is 108 cm³/mol. The molecule has 1 aliphatic heterocycles. The second-order valence-electron chi connectivity index (χ2n) is 5.92. The number of hydrogen-bond donors (Lipinski definition) is 2. The molecule has 26 heavy (non-hydrogen) atoms. The Hall–Kier alpha value is -2.47. The summed E-state index contributed by atoms with van der Waals surface area (Å²) in [6.07, 6.45) is 1.99. The summed E-state index contributed by atoms with van der Waals surface area (Å²) in [5.41, 5.74) is 2.18. The molecule has 0 unspecified atom stereocenters. The second kappa shape index (κ2) is 9.29. The lowest BCUT2D eigenvalue weighted by Gasteiger charge is -2.19. The topological polar surface area (TPSA) is 51.8 Å². The van der Waals surface area contributed by atoms with Gasteiger partial charge in [-0.15, -0.1) is 0 Å². The van der Waals surface area contributed by atoms with Crippen molar-refractivity contribution >= 4 is 23.0 Å². The molecule has 0 radical (unpaired) electrons. The van der Waals surface area contributed by atoms with Crippen LogP contribution >= 0.6 is 12.2 Å². The van der Waals surface area contributed by atoms with Gasteiger partial charge in [0.25, 0.3) is 0 Å². The molecule has 2 aromatic carbocycles. The van der Waals surface area contributed by atoms with Crippen molar-refractivity contribution < 1.29 is 14.2 Å². The maximum Gasteiger partial charge on any atom is 0.170 e. The number of rotatable bonds is 7. The molecule has 0 fully saturated rings. The highest BCUT2D eigenvalue weighted by molar-refractivity contribution is 7.80. The number of aryl methyl sites for hydroxylation is 1. The van der Waals surface area contributed by atoms with E-state index in [0.717, 1.165) is 42.3 Å². The first-order chi connectivity index (χ1) is 12.7. The molecular formula is C20H24N2O3S. The minimum atomic E-state index is 0.574. The van der Waals surface area contributed by atoms with E-state index < -0.39 is 0 Å². The Labute approximate surface area is 159 Å². The summed E-state index contributed by atoms with van der Waals surface area (Å²) in [5.74, 6) is 2.44. The van der Waals surface area contributed by atoms with Crippen molar-refractivity contribution in [3.05, 3.63) is 48.0 Å². The first-order valence-electron chi connectivity index (χ1n) is 8.91. The molecule has 1 heterocycles. The average Bonchev–Trinajstić information content (AvgIpc) is 2.67. The molecule has 2 aromatic rings. The highest BCUT2D eigenvalue weighted by Gasteiger charge is 2.11. The summed E-state index contributed by atoms with van der Waals surface area (Å²) >= 11 is 5.36. The molecule has 3 rings (SSSR count). The lowest BCUT2D eigenvalue weighted by atomic mass is 10.1. The molecule has 0 atom stereocenters. The fourth-order valence-corrected chi connectivity index (χ4v) is 2.93. The van der Waals surface area contributed by atoms with Crippen LogP contribution in [-0.4, -0.2) is 31.5 Å². The Kier molecular flexibility index (Phi) is 6.55. The van der Waals surface area contributed by atoms with Gasteiger partial charge >= 0.3 is 0 Å². The number of fused-ring (bicyclic) bond motifs is 1. The van der Waals surface area contributed by atoms with E-state index in [1.807, 2.05) is 37.3 Å². The van der Waals surface area contributed by atoms with Gasteiger partial charge in [-0.05, 0) is 61.8 Å². The molecule has 0 saturated heterocycles. The summed E-state index contributed by atoms with van der Waals surface area (Å²) in [4.78, 5) is 0. The van der Waals surface area contributed by atoms with Gasteiger partial charge in [-0.1, -0.05) is 12.1 Å². The molecule has 138 valence electrons. The van der Waals surface area contributed by atoms with Crippen LogP contribution in [0.15, 0.2) is 42.5 Å². The minimum absolute atomic E-state index is 0.574. The number of thiocarbonyl (C=S) groups is 1. The molecule has 0 saturated carbocycles. The second-order valence-corrected chi connectivity index (χ2v) is 6.33.